The Morgan fingerprint density at radius 2 is 1.80 bits per heavy atom. The summed E-state index contributed by atoms with van der Waals surface area (Å²) in [6.07, 6.45) is 5.42. The van der Waals surface area contributed by atoms with Crippen LogP contribution in [0.1, 0.15) is 43.2 Å². The number of hydrogen-bond donors (Lipinski definition) is 3. The molecule has 1 aromatic heterocycles. The molecule has 2 aromatic carbocycles. The molecule has 0 radical (unpaired) electrons. The summed E-state index contributed by atoms with van der Waals surface area (Å²) in [4.78, 5) is 46.8. The Bertz CT molecular complexity index is 1320. The van der Waals surface area contributed by atoms with Gasteiger partial charge in [-0.2, -0.15) is 0 Å². The zero-order chi connectivity index (χ0) is 28.0. The number of unbranched alkanes of at least 4 members (excludes halogenated alkanes) is 1. The number of hydrogen-bond acceptors (Lipinski definition) is 5. The molecule has 2 saturated heterocycles. The number of piperidine rings is 1. The third-order valence-electron chi connectivity index (χ3n) is 8.30. The molecule has 5 rings (SSSR count). The predicted molar refractivity (Wildman–Crippen MR) is 154 cm³/mol. The average molecular weight is 546 g/mol. The third-order valence-corrected chi connectivity index (χ3v) is 8.30. The second-order valence-corrected chi connectivity index (χ2v) is 10.9. The molecule has 0 bridgehead atoms. The van der Waals surface area contributed by atoms with Gasteiger partial charge in [0, 0.05) is 43.3 Å². The minimum atomic E-state index is -0.795. The number of alkyl carbamates (subject to hydrolysis) is 1. The van der Waals surface area contributed by atoms with Gasteiger partial charge in [0.2, 0.25) is 11.8 Å². The molecule has 3 heterocycles. The van der Waals surface area contributed by atoms with Crippen molar-refractivity contribution in [2.75, 3.05) is 33.2 Å². The number of aromatic nitrogens is 1. The quantitative estimate of drug-likeness (QED) is 0.338. The topological polar surface area (TPSA) is 107 Å². The molecule has 9 nitrogen and oxygen atoms in total. The number of nitrogens with zero attached hydrogens (tertiary/aromatic N) is 2. The fraction of sp³-hybridized carbons (Fsp3) is 0.452. The molecular formula is C31H39N5O4. The number of amides is 3. The van der Waals surface area contributed by atoms with Crippen molar-refractivity contribution >= 4 is 28.8 Å². The van der Waals surface area contributed by atoms with Crippen molar-refractivity contribution in [2.45, 2.75) is 56.7 Å². The maximum absolute atomic E-state index is 13.8. The maximum Gasteiger partial charge on any atom is 0.407 e. The van der Waals surface area contributed by atoms with Crippen molar-refractivity contribution < 1.29 is 19.1 Å². The fourth-order valence-electron chi connectivity index (χ4n) is 5.89. The highest BCUT2D eigenvalue weighted by atomic mass is 16.5. The van der Waals surface area contributed by atoms with Gasteiger partial charge in [-0.1, -0.05) is 48.5 Å². The van der Waals surface area contributed by atoms with Crippen LogP contribution in [0.2, 0.25) is 0 Å². The van der Waals surface area contributed by atoms with Gasteiger partial charge in [-0.05, 0) is 62.8 Å². The predicted octanol–water partition coefficient (Wildman–Crippen LogP) is 3.60. The van der Waals surface area contributed by atoms with Crippen LogP contribution in [0.25, 0.3) is 10.9 Å². The summed E-state index contributed by atoms with van der Waals surface area (Å²) in [7, 11) is 2.06. The molecule has 2 aliphatic heterocycles. The highest BCUT2D eigenvalue weighted by Gasteiger charge is 2.52. The Balaban J connectivity index is 1.16. The van der Waals surface area contributed by atoms with Gasteiger partial charge in [-0.3, -0.25) is 9.59 Å². The molecule has 212 valence electrons. The molecule has 2 aliphatic rings. The standard InChI is InChI=1S/C31H39N5O4/c1-35-19-15-31(16-20-35)29(38)34-27(13-7-8-17-32-30(39)40-22-23-9-3-2-4-10-23)28(37)36(31)18-14-24-21-33-26-12-6-5-11-25(24)26/h2-6,9-12,21,27,33H,7-8,13-20,22H2,1H3,(H,32,39)(H,34,38). The van der Waals surface area contributed by atoms with Crippen LogP contribution in [-0.4, -0.2) is 77.5 Å². The van der Waals surface area contributed by atoms with Crippen LogP contribution in [0.3, 0.4) is 0 Å². The zero-order valence-electron chi connectivity index (χ0n) is 23.2. The summed E-state index contributed by atoms with van der Waals surface area (Å²) >= 11 is 0. The Morgan fingerprint density at radius 1 is 1.05 bits per heavy atom. The molecular weight excluding hydrogens is 506 g/mol. The third kappa shape index (κ3) is 6.14. The van der Waals surface area contributed by atoms with E-state index < -0.39 is 17.7 Å². The first-order valence-electron chi connectivity index (χ1n) is 14.3. The van der Waals surface area contributed by atoms with E-state index >= 15 is 0 Å². The van der Waals surface area contributed by atoms with Crippen molar-refractivity contribution in [2.24, 2.45) is 0 Å². The molecule has 40 heavy (non-hydrogen) atoms. The molecule has 9 heteroatoms. The number of para-hydroxylation sites is 1. The Kier molecular flexibility index (Phi) is 8.69. The molecule has 1 unspecified atom stereocenters. The van der Waals surface area contributed by atoms with Crippen LogP contribution in [0, 0.1) is 0 Å². The van der Waals surface area contributed by atoms with E-state index in [-0.39, 0.29) is 18.4 Å². The van der Waals surface area contributed by atoms with E-state index in [0.717, 1.165) is 35.1 Å². The summed E-state index contributed by atoms with van der Waals surface area (Å²) in [5.74, 6) is -0.0361. The highest BCUT2D eigenvalue weighted by Crippen LogP contribution is 2.34. The molecule has 3 amide bonds. The van der Waals surface area contributed by atoms with E-state index in [9.17, 15) is 14.4 Å². The van der Waals surface area contributed by atoms with E-state index in [1.54, 1.807) is 0 Å². The van der Waals surface area contributed by atoms with E-state index in [1.807, 2.05) is 59.6 Å². The number of likely N-dealkylation sites (tertiary alicyclic amines) is 1. The second-order valence-electron chi connectivity index (χ2n) is 10.9. The lowest BCUT2D eigenvalue weighted by atomic mass is 9.81. The smallest absolute Gasteiger partial charge is 0.407 e. The number of benzene rings is 2. The van der Waals surface area contributed by atoms with Crippen molar-refractivity contribution in [3.05, 3.63) is 71.9 Å². The fourth-order valence-corrected chi connectivity index (χ4v) is 5.89. The summed E-state index contributed by atoms with van der Waals surface area (Å²) in [5, 5.41) is 6.99. The van der Waals surface area contributed by atoms with Crippen molar-refractivity contribution in [3.63, 3.8) is 0 Å². The minimum absolute atomic E-state index is 0.000718. The maximum atomic E-state index is 13.8. The number of carbonyl (C=O) groups is 3. The summed E-state index contributed by atoms with van der Waals surface area (Å²) in [6, 6.07) is 17.1. The Hall–Kier alpha value is -3.85. The van der Waals surface area contributed by atoms with Crippen molar-refractivity contribution in [3.8, 4) is 0 Å². The van der Waals surface area contributed by atoms with Crippen LogP contribution in [0.4, 0.5) is 4.79 Å². The first kappa shape index (κ1) is 27.7. The van der Waals surface area contributed by atoms with E-state index in [4.69, 9.17) is 4.74 Å². The number of piperazine rings is 1. The van der Waals surface area contributed by atoms with Crippen LogP contribution in [0.15, 0.2) is 60.8 Å². The normalized spacial score (nSPS) is 19.1. The van der Waals surface area contributed by atoms with Gasteiger partial charge >= 0.3 is 6.09 Å². The van der Waals surface area contributed by atoms with Crippen LogP contribution < -0.4 is 10.6 Å². The molecule has 1 spiro atoms. The average Bonchev–Trinajstić information content (AvgIpc) is 3.39. The van der Waals surface area contributed by atoms with Gasteiger partial charge in [0.1, 0.15) is 18.2 Å². The van der Waals surface area contributed by atoms with Gasteiger partial charge in [0.25, 0.3) is 0 Å². The molecule has 3 aromatic rings. The van der Waals surface area contributed by atoms with Crippen molar-refractivity contribution in [1.82, 2.24) is 25.4 Å². The lowest BCUT2D eigenvalue weighted by Gasteiger charge is -2.51. The number of rotatable bonds is 10. The number of carbonyl (C=O) groups excluding carboxylic acids is 3. The molecule has 0 saturated carbocycles. The monoisotopic (exact) mass is 545 g/mol. The number of aromatic amines is 1. The minimum Gasteiger partial charge on any atom is -0.445 e. The largest absolute Gasteiger partial charge is 0.445 e. The van der Waals surface area contributed by atoms with Gasteiger partial charge in [0.15, 0.2) is 0 Å². The summed E-state index contributed by atoms with van der Waals surface area (Å²) in [6.45, 7) is 2.73. The van der Waals surface area contributed by atoms with E-state index in [0.29, 0.717) is 51.6 Å². The van der Waals surface area contributed by atoms with E-state index in [2.05, 4.69) is 33.6 Å². The van der Waals surface area contributed by atoms with Crippen LogP contribution in [0.5, 0.6) is 0 Å². The Morgan fingerprint density at radius 3 is 2.60 bits per heavy atom. The molecule has 3 N–H and O–H groups in total. The second kappa shape index (κ2) is 12.6. The van der Waals surface area contributed by atoms with Gasteiger partial charge in [-0.25, -0.2) is 4.79 Å². The van der Waals surface area contributed by atoms with Gasteiger partial charge in [-0.15, -0.1) is 0 Å². The first-order valence-corrected chi connectivity index (χ1v) is 14.3. The van der Waals surface area contributed by atoms with Gasteiger partial charge in [0.05, 0.1) is 0 Å². The number of nitrogens with one attached hydrogen (secondary N) is 3. The lowest BCUT2D eigenvalue weighted by Crippen LogP contribution is -2.72. The van der Waals surface area contributed by atoms with Gasteiger partial charge < -0.3 is 30.2 Å². The zero-order valence-corrected chi connectivity index (χ0v) is 23.2. The summed E-state index contributed by atoms with van der Waals surface area (Å²) < 4.78 is 5.25. The summed E-state index contributed by atoms with van der Waals surface area (Å²) in [5.41, 5.74) is 2.36. The number of fused-ring (bicyclic) bond motifs is 1. The SMILES string of the molecule is CN1CCC2(CC1)C(=O)NC(CCCCNC(=O)OCc1ccccc1)C(=O)N2CCc1c[nH]c2ccccc12. The van der Waals surface area contributed by atoms with Crippen LogP contribution in [-0.2, 0) is 27.4 Å². The number of ether oxygens (including phenoxy) is 1. The number of H-pyrrole nitrogens is 1. The lowest BCUT2D eigenvalue weighted by molar-refractivity contribution is -0.161. The van der Waals surface area contributed by atoms with E-state index in [1.165, 1.54) is 0 Å². The molecule has 0 aliphatic carbocycles. The Labute approximate surface area is 235 Å². The van der Waals surface area contributed by atoms with Crippen LogP contribution >= 0.6 is 0 Å². The molecule has 1 atom stereocenters. The van der Waals surface area contributed by atoms with Crippen molar-refractivity contribution in [1.29, 1.82) is 0 Å². The highest BCUT2D eigenvalue weighted by molar-refractivity contribution is 6.00. The first-order chi connectivity index (χ1) is 19.5. The molecule has 2 fully saturated rings.